The summed E-state index contributed by atoms with van der Waals surface area (Å²) in [6.45, 7) is 1.92. The number of nitrogens with zero attached hydrogens (tertiary/aromatic N) is 1. The van der Waals surface area contributed by atoms with Gasteiger partial charge in [0.15, 0.2) is 0 Å². The summed E-state index contributed by atoms with van der Waals surface area (Å²) in [6, 6.07) is 5.81. The number of halogens is 1. The highest BCUT2D eigenvalue weighted by Gasteiger charge is 2.08. The van der Waals surface area contributed by atoms with E-state index in [1.54, 1.807) is 7.11 Å². The zero-order chi connectivity index (χ0) is 9.84. The Morgan fingerprint density at radius 3 is 2.77 bits per heavy atom. The van der Waals surface area contributed by atoms with Crippen molar-refractivity contribution >= 4 is 11.6 Å². The van der Waals surface area contributed by atoms with Crippen LogP contribution in [0.25, 0.3) is 0 Å². The molecule has 0 heterocycles. The lowest BCUT2D eigenvalue weighted by Gasteiger charge is -2.09. The first-order chi connectivity index (χ1) is 6.20. The number of rotatable bonds is 2. The molecule has 0 aliphatic heterocycles. The first-order valence-electron chi connectivity index (χ1n) is 3.89. The van der Waals surface area contributed by atoms with Crippen molar-refractivity contribution in [1.29, 1.82) is 5.26 Å². The molecule has 1 rings (SSSR count). The SMILES string of the molecule is COc1c(C)ccc(CC#N)c1Cl. The van der Waals surface area contributed by atoms with Gasteiger partial charge in [-0.05, 0) is 18.1 Å². The second-order valence-corrected chi connectivity index (χ2v) is 3.10. The molecule has 68 valence electrons. The molecule has 0 spiro atoms. The zero-order valence-corrected chi connectivity index (χ0v) is 8.35. The Labute approximate surface area is 82.7 Å². The molecular formula is C10H10ClNO. The van der Waals surface area contributed by atoms with Crippen LogP contribution in [0.2, 0.25) is 5.02 Å². The molecule has 0 bridgehead atoms. The van der Waals surface area contributed by atoms with E-state index in [0.29, 0.717) is 17.2 Å². The first kappa shape index (κ1) is 9.88. The standard InChI is InChI=1S/C10H10ClNO/c1-7-3-4-8(5-6-12)9(11)10(7)13-2/h3-4H,5H2,1-2H3. The van der Waals surface area contributed by atoms with E-state index in [1.807, 2.05) is 19.1 Å². The number of aryl methyl sites for hydroxylation is 1. The molecule has 0 saturated heterocycles. The third-order valence-electron chi connectivity index (χ3n) is 1.85. The summed E-state index contributed by atoms with van der Waals surface area (Å²) in [5.41, 5.74) is 1.79. The van der Waals surface area contributed by atoms with E-state index < -0.39 is 0 Å². The van der Waals surface area contributed by atoms with Gasteiger partial charge in [-0.25, -0.2) is 0 Å². The molecule has 0 amide bonds. The van der Waals surface area contributed by atoms with Crippen molar-refractivity contribution in [2.45, 2.75) is 13.3 Å². The maximum atomic E-state index is 8.53. The van der Waals surface area contributed by atoms with Gasteiger partial charge < -0.3 is 4.74 Å². The van der Waals surface area contributed by atoms with E-state index in [2.05, 4.69) is 6.07 Å². The van der Waals surface area contributed by atoms with Gasteiger partial charge in [0.25, 0.3) is 0 Å². The van der Waals surface area contributed by atoms with Gasteiger partial charge in [-0.1, -0.05) is 23.7 Å². The Morgan fingerprint density at radius 1 is 1.54 bits per heavy atom. The molecule has 0 fully saturated rings. The van der Waals surface area contributed by atoms with E-state index in [4.69, 9.17) is 21.6 Å². The molecular weight excluding hydrogens is 186 g/mol. The molecule has 2 nitrogen and oxygen atoms in total. The molecule has 0 atom stereocenters. The maximum Gasteiger partial charge on any atom is 0.140 e. The van der Waals surface area contributed by atoms with Gasteiger partial charge in [-0.3, -0.25) is 0 Å². The highest BCUT2D eigenvalue weighted by atomic mass is 35.5. The summed E-state index contributed by atoms with van der Waals surface area (Å²) < 4.78 is 5.12. The smallest absolute Gasteiger partial charge is 0.140 e. The molecule has 13 heavy (non-hydrogen) atoms. The molecule has 0 aliphatic carbocycles. The van der Waals surface area contributed by atoms with Crippen LogP contribution in [-0.2, 0) is 6.42 Å². The lowest BCUT2D eigenvalue weighted by Crippen LogP contribution is -1.92. The first-order valence-corrected chi connectivity index (χ1v) is 4.27. The highest BCUT2D eigenvalue weighted by molar-refractivity contribution is 6.33. The average molecular weight is 196 g/mol. The maximum absolute atomic E-state index is 8.53. The van der Waals surface area contributed by atoms with Gasteiger partial charge in [0.05, 0.1) is 24.6 Å². The summed E-state index contributed by atoms with van der Waals surface area (Å²) in [5.74, 6) is 0.661. The molecule has 0 radical (unpaired) electrons. The van der Waals surface area contributed by atoms with Crippen LogP contribution in [0.4, 0.5) is 0 Å². The fourth-order valence-electron chi connectivity index (χ4n) is 1.17. The summed E-state index contributed by atoms with van der Waals surface area (Å²) in [4.78, 5) is 0. The van der Waals surface area contributed by atoms with Gasteiger partial charge in [0.2, 0.25) is 0 Å². The average Bonchev–Trinajstić information content (AvgIpc) is 2.11. The van der Waals surface area contributed by atoms with Crippen molar-refractivity contribution < 1.29 is 4.74 Å². The molecule has 0 unspecified atom stereocenters. The number of methoxy groups -OCH3 is 1. The molecule has 1 aromatic carbocycles. The normalized spacial score (nSPS) is 9.38. The molecule has 0 aliphatic rings. The third-order valence-corrected chi connectivity index (χ3v) is 2.26. The summed E-state index contributed by atoms with van der Waals surface area (Å²) in [6.07, 6.45) is 0.315. The summed E-state index contributed by atoms with van der Waals surface area (Å²) >= 11 is 6.02. The van der Waals surface area contributed by atoms with Crippen LogP contribution in [-0.4, -0.2) is 7.11 Å². The van der Waals surface area contributed by atoms with E-state index in [9.17, 15) is 0 Å². The number of hydrogen-bond acceptors (Lipinski definition) is 2. The van der Waals surface area contributed by atoms with Crippen LogP contribution in [0.15, 0.2) is 12.1 Å². The van der Waals surface area contributed by atoms with Crippen molar-refractivity contribution in [1.82, 2.24) is 0 Å². The van der Waals surface area contributed by atoms with Crippen molar-refractivity contribution in [3.8, 4) is 11.8 Å². The Kier molecular flexibility index (Phi) is 3.16. The van der Waals surface area contributed by atoms with Gasteiger partial charge in [0, 0.05) is 0 Å². The minimum absolute atomic E-state index is 0.315. The van der Waals surface area contributed by atoms with Crippen molar-refractivity contribution in [3.05, 3.63) is 28.3 Å². The number of hydrogen-bond donors (Lipinski definition) is 0. The van der Waals surface area contributed by atoms with E-state index in [1.165, 1.54) is 0 Å². The lowest BCUT2D eigenvalue weighted by atomic mass is 10.1. The lowest BCUT2D eigenvalue weighted by molar-refractivity contribution is 0.411. The number of benzene rings is 1. The summed E-state index contributed by atoms with van der Waals surface area (Å²) in [5, 5.41) is 9.07. The summed E-state index contributed by atoms with van der Waals surface area (Å²) in [7, 11) is 1.57. The second-order valence-electron chi connectivity index (χ2n) is 2.72. The van der Waals surface area contributed by atoms with Gasteiger partial charge in [0.1, 0.15) is 5.75 Å². The highest BCUT2D eigenvalue weighted by Crippen LogP contribution is 2.31. The largest absolute Gasteiger partial charge is 0.495 e. The fourth-order valence-corrected chi connectivity index (χ4v) is 1.52. The fraction of sp³-hybridized carbons (Fsp3) is 0.300. The predicted octanol–water partition coefficient (Wildman–Crippen LogP) is 2.72. The van der Waals surface area contributed by atoms with Crippen LogP contribution < -0.4 is 4.74 Å². The van der Waals surface area contributed by atoms with Crippen LogP contribution in [0.1, 0.15) is 11.1 Å². The zero-order valence-electron chi connectivity index (χ0n) is 7.60. The van der Waals surface area contributed by atoms with Gasteiger partial charge >= 0.3 is 0 Å². The van der Waals surface area contributed by atoms with Crippen LogP contribution in [0, 0.1) is 18.3 Å². The van der Waals surface area contributed by atoms with E-state index >= 15 is 0 Å². The van der Waals surface area contributed by atoms with E-state index in [0.717, 1.165) is 11.1 Å². The van der Waals surface area contributed by atoms with Gasteiger partial charge in [-0.15, -0.1) is 0 Å². The Hall–Kier alpha value is -1.20. The van der Waals surface area contributed by atoms with Crippen molar-refractivity contribution in [3.63, 3.8) is 0 Å². The Balaban J connectivity index is 3.21. The number of nitriles is 1. The van der Waals surface area contributed by atoms with Gasteiger partial charge in [-0.2, -0.15) is 5.26 Å². The van der Waals surface area contributed by atoms with E-state index in [-0.39, 0.29) is 0 Å². The van der Waals surface area contributed by atoms with Crippen LogP contribution in [0.5, 0.6) is 5.75 Å². The monoisotopic (exact) mass is 195 g/mol. The molecule has 0 aromatic heterocycles. The molecule has 3 heteroatoms. The molecule has 1 aromatic rings. The quantitative estimate of drug-likeness (QED) is 0.727. The number of ether oxygens (including phenoxy) is 1. The van der Waals surface area contributed by atoms with Crippen molar-refractivity contribution in [2.24, 2.45) is 0 Å². The van der Waals surface area contributed by atoms with Crippen molar-refractivity contribution in [2.75, 3.05) is 7.11 Å². The predicted molar refractivity (Wildman–Crippen MR) is 52.1 cm³/mol. The molecule has 0 saturated carbocycles. The second kappa shape index (κ2) is 4.15. The Bertz CT molecular complexity index is 355. The molecule has 0 N–H and O–H groups in total. The Morgan fingerprint density at radius 2 is 2.23 bits per heavy atom. The minimum atomic E-state index is 0.315. The topological polar surface area (TPSA) is 33.0 Å². The third kappa shape index (κ3) is 1.93. The van der Waals surface area contributed by atoms with Crippen LogP contribution >= 0.6 is 11.6 Å². The van der Waals surface area contributed by atoms with Crippen LogP contribution in [0.3, 0.4) is 0 Å². The minimum Gasteiger partial charge on any atom is -0.495 e.